The number of benzene rings is 1. The highest BCUT2D eigenvalue weighted by Gasteiger charge is 2.40. The van der Waals surface area contributed by atoms with Crippen LogP contribution in [0.25, 0.3) is 21.2 Å². The van der Waals surface area contributed by atoms with Gasteiger partial charge in [-0.05, 0) is 37.7 Å². The summed E-state index contributed by atoms with van der Waals surface area (Å²) >= 11 is 1.20. The van der Waals surface area contributed by atoms with Crippen LogP contribution in [0.2, 0.25) is 0 Å². The molecule has 1 N–H and O–H groups in total. The summed E-state index contributed by atoms with van der Waals surface area (Å²) in [5.74, 6) is -1.59. The summed E-state index contributed by atoms with van der Waals surface area (Å²) in [4.78, 5) is 27.3. The van der Waals surface area contributed by atoms with Gasteiger partial charge in [0.15, 0.2) is 0 Å². The quantitative estimate of drug-likeness (QED) is 0.613. The molecule has 0 saturated carbocycles. The van der Waals surface area contributed by atoms with E-state index in [1.54, 1.807) is 16.3 Å². The second-order valence-corrected chi connectivity index (χ2v) is 8.80. The van der Waals surface area contributed by atoms with Gasteiger partial charge >= 0.3 is 6.18 Å². The Kier molecular flexibility index (Phi) is 5.17. The van der Waals surface area contributed by atoms with Crippen molar-refractivity contribution in [3.63, 3.8) is 0 Å². The average Bonchev–Trinajstić information content (AvgIpc) is 3.12. The summed E-state index contributed by atoms with van der Waals surface area (Å²) < 4.78 is 54.9. The normalized spacial score (nSPS) is 15.9. The number of halogens is 4. The van der Waals surface area contributed by atoms with Crippen LogP contribution in [0.4, 0.5) is 17.6 Å². The van der Waals surface area contributed by atoms with Gasteiger partial charge in [0, 0.05) is 34.9 Å². The highest BCUT2D eigenvalue weighted by atomic mass is 32.1. The number of nitrogens with zero attached hydrogens (tertiary/aromatic N) is 2. The molecule has 1 aliphatic heterocycles. The van der Waals surface area contributed by atoms with Crippen molar-refractivity contribution in [2.45, 2.75) is 25.2 Å². The zero-order valence-electron chi connectivity index (χ0n) is 16.7. The molecule has 1 amide bonds. The topological polar surface area (TPSA) is 54.3 Å². The number of likely N-dealkylation sites (tertiary alicyclic amines) is 1. The number of likely N-dealkylation sites (N-methyl/N-ethyl adjacent to an activating group) is 1. The van der Waals surface area contributed by atoms with Gasteiger partial charge in [0.25, 0.3) is 5.56 Å². The highest BCUT2D eigenvalue weighted by molar-refractivity contribution is 7.17. The van der Waals surface area contributed by atoms with E-state index in [1.165, 1.54) is 28.2 Å². The predicted molar refractivity (Wildman–Crippen MR) is 111 cm³/mol. The van der Waals surface area contributed by atoms with Gasteiger partial charge < -0.3 is 14.8 Å². The Morgan fingerprint density at radius 1 is 1.26 bits per heavy atom. The minimum atomic E-state index is -4.85. The van der Waals surface area contributed by atoms with E-state index in [1.807, 2.05) is 14.0 Å². The number of nitrogens with one attached hydrogen (secondary N) is 1. The van der Waals surface area contributed by atoms with Gasteiger partial charge in [-0.15, -0.1) is 11.3 Å². The van der Waals surface area contributed by atoms with Crippen LogP contribution in [-0.2, 0) is 17.5 Å². The van der Waals surface area contributed by atoms with Crippen molar-refractivity contribution in [3.8, 4) is 11.1 Å². The van der Waals surface area contributed by atoms with Crippen LogP contribution < -0.4 is 10.9 Å². The van der Waals surface area contributed by atoms with Gasteiger partial charge in [-0.3, -0.25) is 9.59 Å². The second-order valence-electron chi connectivity index (χ2n) is 7.89. The number of carbonyl (C=O) groups is 1. The monoisotopic (exact) mass is 453 g/mol. The number of carbonyl (C=O) groups excluding carboxylic acids is 1. The zero-order valence-corrected chi connectivity index (χ0v) is 17.5. The third-order valence-electron chi connectivity index (χ3n) is 5.62. The summed E-state index contributed by atoms with van der Waals surface area (Å²) in [6, 6.07) is 4.32. The molecule has 0 spiro atoms. The van der Waals surface area contributed by atoms with E-state index >= 15 is 0 Å². The Morgan fingerprint density at radius 3 is 2.61 bits per heavy atom. The highest BCUT2D eigenvalue weighted by Crippen LogP contribution is 2.37. The number of thiophene rings is 1. The minimum absolute atomic E-state index is 0.0914. The number of rotatable bonds is 4. The van der Waals surface area contributed by atoms with E-state index in [4.69, 9.17) is 0 Å². The molecule has 1 saturated heterocycles. The largest absolute Gasteiger partial charge is 0.419 e. The van der Waals surface area contributed by atoms with E-state index in [0.29, 0.717) is 23.9 Å². The maximum Gasteiger partial charge on any atom is 0.419 e. The third kappa shape index (κ3) is 3.85. The Labute approximate surface area is 178 Å². The first kappa shape index (κ1) is 21.5. The second kappa shape index (κ2) is 7.45. The average molecular weight is 453 g/mol. The van der Waals surface area contributed by atoms with Crippen LogP contribution in [-0.4, -0.2) is 41.1 Å². The van der Waals surface area contributed by atoms with E-state index in [0.717, 1.165) is 6.07 Å². The number of aromatic nitrogens is 1. The molecule has 0 atom stereocenters. The standard InChI is InChI=1S/C21H19F4N3O2S/c1-20(26-2)10-28(11-20)17(29)8-27-6-5-16-18(19(27)30)13(9-31-16)12-3-4-15(22)14(7-12)21(23,24)25/h3-7,9,26H,8,10-11H2,1-2H3. The molecule has 3 heterocycles. The maximum atomic E-state index is 13.7. The van der Waals surface area contributed by atoms with Gasteiger partial charge in [-0.2, -0.15) is 13.2 Å². The van der Waals surface area contributed by atoms with E-state index < -0.39 is 23.1 Å². The number of hydrogen-bond acceptors (Lipinski definition) is 4. The van der Waals surface area contributed by atoms with E-state index in [9.17, 15) is 27.2 Å². The van der Waals surface area contributed by atoms with Crippen LogP contribution in [0, 0.1) is 5.82 Å². The van der Waals surface area contributed by atoms with Crippen LogP contribution in [0.15, 0.2) is 40.6 Å². The molecule has 10 heteroatoms. The van der Waals surface area contributed by atoms with Crippen molar-refractivity contribution in [2.75, 3.05) is 20.1 Å². The van der Waals surface area contributed by atoms with Gasteiger partial charge in [0.05, 0.1) is 16.5 Å². The Balaban J connectivity index is 1.69. The smallest absolute Gasteiger partial charge is 0.337 e. The van der Waals surface area contributed by atoms with Gasteiger partial charge in [-0.1, -0.05) is 6.07 Å². The molecule has 4 rings (SSSR count). The molecule has 1 aromatic carbocycles. The number of fused-ring (bicyclic) bond motifs is 1. The lowest BCUT2D eigenvalue weighted by Gasteiger charge is -2.48. The summed E-state index contributed by atoms with van der Waals surface area (Å²) in [5, 5.41) is 4.92. The SMILES string of the molecule is CNC1(C)CN(C(=O)Cn2ccc3scc(-c4ccc(F)c(C(F)(F)F)c4)c3c2=O)C1. The van der Waals surface area contributed by atoms with E-state index in [2.05, 4.69) is 5.32 Å². The van der Waals surface area contributed by atoms with Gasteiger partial charge in [0.2, 0.25) is 5.91 Å². The molecule has 164 valence electrons. The molecule has 2 aromatic heterocycles. The van der Waals surface area contributed by atoms with Crippen molar-refractivity contribution in [1.29, 1.82) is 0 Å². The Hall–Kier alpha value is -2.72. The predicted octanol–water partition coefficient (Wildman–Crippen LogP) is 3.71. The molecule has 0 radical (unpaired) electrons. The first-order valence-corrected chi connectivity index (χ1v) is 10.3. The molecule has 31 heavy (non-hydrogen) atoms. The summed E-state index contributed by atoms with van der Waals surface area (Å²) in [5.41, 5.74) is -1.64. The molecule has 1 fully saturated rings. The van der Waals surface area contributed by atoms with Gasteiger partial charge in [-0.25, -0.2) is 4.39 Å². The summed E-state index contributed by atoms with van der Waals surface area (Å²) in [7, 11) is 1.82. The summed E-state index contributed by atoms with van der Waals surface area (Å²) in [6.07, 6.45) is -3.34. The molecular weight excluding hydrogens is 434 g/mol. The van der Waals surface area contributed by atoms with Crippen LogP contribution >= 0.6 is 11.3 Å². The molecule has 0 aliphatic carbocycles. The molecule has 0 unspecified atom stereocenters. The molecular formula is C21H19F4N3O2S. The van der Waals surface area contributed by atoms with Crippen molar-refractivity contribution in [3.05, 3.63) is 57.6 Å². The van der Waals surface area contributed by atoms with Crippen molar-refractivity contribution in [2.24, 2.45) is 0 Å². The van der Waals surface area contributed by atoms with Crippen LogP contribution in [0.1, 0.15) is 12.5 Å². The fourth-order valence-electron chi connectivity index (χ4n) is 3.71. The first-order valence-electron chi connectivity index (χ1n) is 9.47. The van der Waals surface area contributed by atoms with Crippen LogP contribution in [0.3, 0.4) is 0 Å². The zero-order chi connectivity index (χ0) is 22.6. The minimum Gasteiger partial charge on any atom is -0.337 e. The molecule has 5 nitrogen and oxygen atoms in total. The lowest BCUT2D eigenvalue weighted by molar-refractivity contribution is -0.140. The van der Waals surface area contributed by atoms with Gasteiger partial charge in [0.1, 0.15) is 12.4 Å². The summed E-state index contributed by atoms with van der Waals surface area (Å²) in [6.45, 7) is 2.88. The van der Waals surface area contributed by atoms with Crippen LogP contribution in [0.5, 0.6) is 0 Å². The Morgan fingerprint density at radius 2 is 1.97 bits per heavy atom. The maximum absolute atomic E-state index is 13.7. The number of alkyl halides is 3. The lowest BCUT2D eigenvalue weighted by atomic mass is 9.92. The fraction of sp³-hybridized carbons (Fsp3) is 0.333. The number of hydrogen-bond donors (Lipinski definition) is 1. The molecule has 3 aromatic rings. The number of amides is 1. The lowest BCUT2D eigenvalue weighted by Crippen LogP contribution is -2.68. The molecule has 0 bridgehead atoms. The third-order valence-corrected chi connectivity index (χ3v) is 6.57. The van der Waals surface area contributed by atoms with Crippen molar-refractivity contribution >= 4 is 27.3 Å². The molecule has 1 aliphatic rings. The van der Waals surface area contributed by atoms with Crippen molar-refractivity contribution in [1.82, 2.24) is 14.8 Å². The number of pyridine rings is 1. The Bertz CT molecular complexity index is 1230. The van der Waals surface area contributed by atoms with Crippen molar-refractivity contribution < 1.29 is 22.4 Å². The van der Waals surface area contributed by atoms with E-state index in [-0.39, 0.29) is 34.5 Å². The fourth-order valence-corrected chi connectivity index (χ4v) is 4.66. The first-order chi connectivity index (χ1) is 14.5.